The predicted molar refractivity (Wildman–Crippen MR) is 106 cm³/mol. The van der Waals surface area contributed by atoms with E-state index in [2.05, 4.69) is 5.32 Å². The zero-order chi connectivity index (χ0) is 19.9. The summed E-state index contributed by atoms with van der Waals surface area (Å²) >= 11 is 0. The zero-order valence-electron chi connectivity index (χ0n) is 15.9. The molecule has 0 fully saturated rings. The number of aryl methyl sites for hydroxylation is 2. The summed E-state index contributed by atoms with van der Waals surface area (Å²) < 4.78 is 32.5. The van der Waals surface area contributed by atoms with Crippen molar-refractivity contribution in [2.75, 3.05) is 31.1 Å². The summed E-state index contributed by atoms with van der Waals surface area (Å²) in [6, 6.07) is 13.9. The summed E-state index contributed by atoms with van der Waals surface area (Å²) in [7, 11) is -2.22. The molecule has 27 heavy (non-hydrogen) atoms. The highest BCUT2D eigenvalue weighted by atomic mass is 32.2. The fraction of sp³-hybridized carbons (Fsp3) is 0.350. The number of benzene rings is 2. The SMILES string of the molecule is COCCNC(=O)CCN(c1ccc(C)cc1)S(=O)(=O)c1ccc(C)cc1. The Balaban J connectivity index is 2.25. The fourth-order valence-corrected chi connectivity index (χ4v) is 3.99. The minimum atomic E-state index is -3.78. The molecule has 0 bridgehead atoms. The molecule has 0 heterocycles. The van der Waals surface area contributed by atoms with Gasteiger partial charge in [-0.2, -0.15) is 0 Å². The number of rotatable bonds is 9. The Hall–Kier alpha value is -2.38. The number of ether oxygens (including phenoxy) is 1. The van der Waals surface area contributed by atoms with Crippen LogP contribution < -0.4 is 9.62 Å². The minimum Gasteiger partial charge on any atom is -0.383 e. The second-order valence-corrected chi connectivity index (χ2v) is 8.18. The summed E-state index contributed by atoms with van der Waals surface area (Å²) in [5.74, 6) is -0.219. The molecule has 0 radical (unpaired) electrons. The molecule has 0 aliphatic rings. The van der Waals surface area contributed by atoms with Crippen molar-refractivity contribution in [3.63, 3.8) is 0 Å². The monoisotopic (exact) mass is 390 g/mol. The normalized spacial score (nSPS) is 11.2. The zero-order valence-corrected chi connectivity index (χ0v) is 16.8. The number of anilines is 1. The summed E-state index contributed by atoms with van der Waals surface area (Å²) in [5.41, 5.74) is 2.54. The van der Waals surface area contributed by atoms with Gasteiger partial charge in [-0.05, 0) is 38.1 Å². The van der Waals surface area contributed by atoms with E-state index in [0.29, 0.717) is 18.8 Å². The Morgan fingerprint density at radius 2 is 1.56 bits per heavy atom. The Kier molecular flexibility index (Phi) is 7.38. The lowest BCUT2D eigenvalue weighted by Crippen LogP contribution is -2.36. The quantitative estimate of drug-likeness (QED) is 0.668. The van der Waals surface area contributed by atoms with Gasteiger partial charge in [-0.15, -0.1) is 0 Å². The third-order valence-electron chi connectivity index (χ3n) is 4.10. The van der Waals surface area contributed by atoms with Gasteiger partial charge in [-0.1, -0.05) is 35.4 Å². The molecule has 0 aliphatic heterocycles. The van der Waals surface area contributed by atoms with E-state index in [4.69, 9.17) is 4.74 Å². The topological polar surface area (TPSA) is 75.7 Å². The van der Waals surface area contributed by atoms with E-state index >= 15 is 0 Å². The Bertz CT molecular complexity index is 847. The molecule has 1 amide bonds. The molecule has 0 saturated heterocycles. The first-order valence-corrected chi connectivity index (χ1v) is 10.2. The number of nitrogens with zero attached hydrogens (tertiary/aromatic N) is 1. The number of nitrogens with one attached hydrogen (secondary N) is 1. The van der Waals surface area contributed by atoms with Crippen molar-refractivity contribution < 1.29 is 17.9 Å². The molecule has 0 unspecified atom stereocenters. The Morgan fingerprint density at radius 3 is 2.11 bits per heavy atom. The maximum Gasteiger partial charge on any atom is 0.264 e. The molecule has 2 aromatic rings. The predicted octanol–water partition coefficient (Wildman–Crippen LogP) is 2.65. The van der Waals surface area contributed by atoms with Gasteiger partial charge >= 0.3 is 0 Å². The van der Waals surface area contributed by atoms with Crippen molar-refractivity contribution >= 4 is 21.6 Å². The molecule has 1 N–H and O–H groups in total. The molecule has 0 aromatic heterocycles. The van der Waals surface area contributed by atoms with Crippen molar-refractivity contribution in [3.8, 4) is 0 Å². The first-order valence-electron chi connectivity index (χ1n) is 8.76. The number of hydrogen-bond donors (Lipinski definition) is 1. The lowest BCUT2D eigenvalue weighted by atomic mass is 10.2. The molecule has 146 valence electrons. The van der Waals surface area contributed by atoms with Crippen LogP contribution in [0.4, 0.5) is 5.69 Å². The van der Waals surface area contributed by atoms with E-state index < -0.39 is 10.0 Å². The number of methoxy groups -OCH3 is 1. The molecule has 0 spiro atoms. The lowest BCUT2D eigenvalue weighted by Gasteiger charge is -2.24. The molecule has 0 atom stereocenters. The average molecular weight is 391 g/mol. The smallest absolute Gasteiger partial charge is 0.264 e. The fourth-order valence-electron chi connectivity index (χ4n) is 2.52. The Labute approximate surface area is 161 Å². The second kappa shape index (κ2) is 9.53. The summed E-state index contributed by atoms with van der Waals surface area (Å²) in [4.78, 5) is 12.2. The van der Waals surface area contributed by atoms with Crippen molar-refractivity contribution in [2.45, 2.75) is 25.2 Å². The Morgan fingerprint density at radius 1 is 1.00 bits per heavy atom. The van der Waals surface area contributed by atoms with Crippen molar-refractivity contribution in [1.29, 1.82) is 0 Å². The molecular formula is C20H26N2O4S. The van der Waals surface area contributed by atoms with E-state index in [1.807, 2.05) is 26.0 Å². The largest absolute Gasteiger partial charge is 0.383 e. The van der Waals surface area contributed by atoms with Crippen molar-refractivity contribution in [2.24, 2.45) is 0 Å². The standard InChI is InChI=1S/C20H26N2O4S/c1-16-4-8-18(9-5-16)22(14-12-20(23)21-13-15-26-3)27(24,25)19-10-6-17(2)7-11-19/h4-11H,12-15H2,1-3H3,(H,21,23). The molecule has 2 aromatic carbocycles. The number of amides is 1. The van der Waals surface area contributed by atoms with Gasteiger partial charge in [0.25, 0.3) is 10.0 Å². The lowest BCUT2D eigenvalue weighted by molar-refractivity contribution is -0.121. The van der Waals surface area contributed by atoms with Gasteiger partial charge < -0.3 is 10.1 Å². The average Bonchev–Trinajstić information content (AvgIpc) is 2.64. The van der Waals surface area contributed by atoms with E-state index in [1.165, 1.54) is 4.31 Å². The van der Waals surface area contributed by atoms with Crippen molar-refractivity contribution in [3.05, 3.63) is 59.7 Å². The van der Waals surface area contributed by atoms with Crippen LogP contribution >= 0.6 is 0 Å². The third-order valence-corrected chi connectivity index (χ3v) is 5.94. The molecule has 6 nitrogen and oxygen atoms in total. The molecule has 2 rings (SSSR count). The number of carbonyl (C=O) groups is 1. The van der Waals surface area contributed by atoms with Gasteiger partial charge in [0, 0.05) is 26.6 Å². The van der Waals surface area contributed by atoms with Crippen LogP contribution in [0.3, 0.4) is 0 Å². The highest BCUT2D eigenvalue weighted by Gasteiger charge is 2.25. The van der Waals surface area contributed by atoms with Gasteiger partial charge in [0.15, 0.2) is 0 Å². The maximum absolute atomic E-state index is 13.2. The van der Waals surface area contributed by atoms with Gasteiger partial charge in [0.2, 0.25) is 5.91 Å². The second-order valence-electron chi connectivity index (χ2n) is 6.32. The van der Waals surface area contributed by atoms with Gasteiger partial charge in [-0.25, -0.2) is 8.42 Å². The van der Waals surface area contributed by atoms with Crippen LogP contribution in [0.1, 0.15) is 17.5 Å². The van der Waals surface area contributed by atoms with Crippen LogP contribution in [-0.4, -0.2) is 41.1 Å². The van der Waals surface area contributed by atoms with Crippen LogP contribution in [0.5, 0.6) is 0 Å². The van der Waals surface area contributed by atoms with Gasteiger partial charge in [0.05, 0.1) is 17.2 Å². The first kappa shape index (κ1) is 20.9. The summed E-state index contributed by atoms with van der Waals surface area (Å²) in [6.07, 6.45) is 0.0582. The van der Waals surface area contributed by atoms with Crippen LogP contribution in [0.2, 0.25) is 0 Å². The van der Waals surface area contributed by atoms with E-state index in [-0.39, 0.29) is 23.8 Å². The van der Waals surface area contributed by atoms with Gasteiger partial charge in [-0.3, -0.25) is 9.10 Å². The summed E-state index contributed by atoms with van der Waals surface area (Å²) in [6.45, 7) is 4.70. The highest BCUT2D eigenvalue weighted by molar-refractivity contribution is 7.92. The van der Waals surface area contributed by atoms with Crippen LogP contribution in [0, 0.1) is 13.8 Å². The molecule has 0 saturated carbocycles. The van der Waals surface area contributed by atoms with E-state index in [1.54, 1.807) is 43.5 Å². The van der Waals surface area contributed by atoms with E-state index in [0.717, 1.165) is 11.1 Å². The summed E-state index contributed by atoms with van der Waals surface area (Å²) in [5, 5.41) is 2.71. The van der Waals surface area contributed by atoms with Crippen LogP contribution in [0.25, 0.3) is 0 Å². The first-order chi connectivity index (χ1) is 12.8. The molecular weight excluding hydrogens is 364 g/mol. The number of hydrogen-bond acceptors (Lipinski definition) is 4. The minimum absolute atomic E-state index is 0.0537. The highest BCUT2D eigenvalue weighted by Crippen LogP contribution is 2.24. The molecule has 7 heteroatoms. The van der Waals surface area contributed by atoms with Crippen LogP contribution in [-0.2, 0) is 19.6 Å². The van der Waals surface area contributed by atoms with Gasteiger partial charge in [0.1, 0.15) is 0 Å². The number of carbonyl (C=O) groups excluding carboxylic acids is 1. The third kappa shape index (κ3) is 5.80. The number of sulfonamides is 1. The van der Waals surface area contributed by atoms with Crippen LogP contribution in [0.15, 0.2) is 53.4 Å². The maximum atomic E-state index is 13.2. The van der Waals surface area contributed by atoms with Crippen molar-refractivity contribution in [1.82, 2.24) is 5.32 Å². The molecule has 0 aliphatic carbocycles. The van der Waals surface area contributed by atoms with E-state index in [9.17, 15) is 13.2 Å².